The molecule has 0 bridgehead atoms. The minimum atomic E-state index is -0.219. The van der Waals surface area contributed by atoms with Crippen LogP contribution in [0.1, 0.15) is 5.56 Å². The highest BCUT2D eigenvalue weighted by atomic mass is 32.8. The second kappa shape index (κ2) is 2.75. The van der Waals surface area contributed by atoms with Crippen LogP contribution in [0.5, 0.6) is 0 Å². The summed E-state index contributed by atoms with van der Waals surface area (Å²) in [5.74, 6) is 0. The minimum absolute atomic E-state index is 0.219. The quantitative estimate of drug-likeness (QED) is 0.652. The molecule has 1 atom stereocenters. The van der Waals surface area contributed by atoms with Crippen molar-refractivity contribution >= 4 is 26.9 Å². The van der Waals surface area contributed by atoms with Crippen molar-refractivity contribution in [2.75, 3.05) is 0 Å². The van der Waals surface area contributed by atoms with Crippen LogP contribution in [0.15, 0.2) is 35.4 Å². The maximum absolute atomic E-state index is 5.21. The Labute approximate surface area is 72.9 Å². The Morgan fingerprint density at radius 2 is 2.09 bits per heavy atom. The van der Waals surface area contributed by atoms with Crippen molar-refractivity contribution in [1.29, 1.82) is 0 Å². The molecule has 1 aliphatic heterocycles. The van der Waals surface area contributed by atoms with Crippen molar-refractivity contribution < 1.29 is 0 Å². The molecule has 3 heteroatoms. The Hall–Kier alpha value is -0.670. The fourth-order valence-electron chi connectivity index (χ4n) is 1.04. The molecule has 0 amide bonds. The SMILES string of the molecule is S=S1NC=Cc2ccccc21. The van der Waals surface area contributed by atoms with E-state index in [-0.39, 0.29) is 9.64 Å². The van der Waals surface area contributed by atoms with Gasteiger partial charge in [0.15, 0.2) is 0 Å². The van der Waals surface area contributed by atoms with E-state index in [0.717, 1.165) is 0 Å². The number of rotatable bonds is 0. The van der Waals surface area contributed by atoms with Crippen LogP contribution < -0.4 is 4.72 Å². The fourth-order valence-corrected chi connectivity index (χ4v) is 2.53. The Kier molecular flexibility index (Phi) is 1.75. The average molecular weight is 181 g/mol. The van der Waals surface area contributed by atoms with Gasteiger partial charge in [-0.05, 0) is 28.9 Å². The van der Waals surface area contributed by atoms with Crippen molar-refractivity contribution in [3.8, 4) is 0 Å². The van der Waals surface area contributed by atoms with E-state index >= 15 is 0 Å². The molecule has 2 rings (SSSR count). The monoisotopic (exact) mass is 181 g/mol. The third-order valence-corrected chi connectivity index (χ3v) is 3.51. The van der Waals surface area contributed by atoms with Gasteiger partial charge in [-0.15, -0.1) is 0 Å². The molecule has 56 valence electrons. The summed E-state index contributed by atoms with van der Waals surface area (Å²) in [5, 5.41) is 0. The first-order valence-electron chi connectivity index (χ1n) is 3.31. The number of hydrogen-bond donors (Lipinski definition) is 1. The molecule has 1 heterocycles. The van der Waals surface area contributed by atoms with Gasteiger partial charge in [0.25, 0.3) is 0 Å². The maximum Gasteiger partial charge on any atom is 0.0388 e. The van der Waals surface area contributed by atoms with Gasteiger partial charge in [0.2, 0.25) is 0 Å². The Balaban J connectivity index is 2.63. The minimum Gasteiger partial charge on any atom is -0.330 e. The number of benzene rings is 1. The molecule has 11 heavy (non-hydrogen) atoms. The van der Waals surface area contributed by atoms with Crippen LogP contribution >= 0.6 is 0 Å². The largest absolute Gasteiger partial charge is 0.330 e. The summed E-state index contributed by atoms with van der Waals surface area (Å²) >= 11 is 5.21. The predicted molar refractivity (Wildman–Crippen MR) is 51.6 cm³/mol. The zero-order chi connectivity index (χ0) is 7.68. The van der Waals surface area contributed by atoms with Gasteiger partial charge in [0.1, 0.15) is 0 Å². The maximum atomic E-state index is 5.21. The van der Waals surface area contributed by atoms with Crippen LogP contribution in [0.4, 0.5) is 0 Å². The van der Waals surface area contributed by atoms with Gasteiger partial charge >= 0.3 is 0 Å². The Morgan fingerprint density at radius 3 is 2.91 bits per heavy atom. The van der Waals surface area contributed by atoms with Gasteiger partial charge in [-0.1, -0.05) is 18.2 Å². The molecule has 0 saturated heterocycles. The van der Waals surface area contributed by atoms with Crippen molar-refractivity contribution in [3.63, 3.8) is 0 Å². The molecular weight excluding hydrogens is 174 g/mol. The third-order valence-electron chi connectivity index (χ3n) is 1.56. The Bertz CT molecular complexity index is 331. The van der Waals surface area contributed by atoms with Crippen LogP contribution in [0, 0.1) is 0 Å². The van der Waals surface area contributed by atoms with E-state index in [1.807, 2.05) is 24.4 Å². The smallest absolute Gasteiger partial charge is 0.0388 e. The standard InChI is InChI=1S/C8H7NS2/c10-11-8-4-2-1-3-7(8)5-6-9-11/h1-6,9H. The van der Waals surface area contributed by atoms with Gasteiger partial charge in [-0.2, -0.15) is 0 Å². The van der Waals surface area contributed by atoms with Gasteiger partial charge in [0, 0.05) is 20.7 Å². The first-order chi connectivity index (χ1) is 5.38. The van der Waals surface area contributed by atoms with E-state index in [2.05, 4.69) is 16.9 Å². The van der Waals surface area contributed by atoms with E-state index in [4.69, 9.17) is 11.2 Å². The zero-order valence-corrected chi connectivity index (χ0v) is 7.41. The van der Waals surface area contributed by atoms with E-state index in [0.29, 0.717) is 0 Å². The molecule has 0 spiro atoms. The first-order valence-corrected chi connectivity index (χ1v) is 5.46. The van der Waals surface area contributed by atoms with Crippen LogP contribution in [0.2, 0.25) is 0 Å². The second-order valence-corrected chi connectivity index (χ2v) is 4.47. The molecule has 1 aliphatic rings. The lowest BCUT2D eigenvalue weighted by molar-refractivity contribution is 1.31. The highest BCUT2D eigenvalue weighted by Crippen LogP contribution is 2.16. The van der Waals surface area contributed by atoms with Crippen molar-refractivity contribution in [2.45, 2.75) is 4.90 Å². The molecule has 1 nitrogen and oxygen atoms in total. The summed E-state index contributed by atoms with van der Waals surface area (Å²) in [5.41, 5.74) is 1.24. The number of fused-ring (bicyclic) bond motifs is 1. The average Bonchev–Trinajstić information content (AvgIpc) is 2.06. The van der Waals surface area contributed by atoms with Crippen LogP contribution in [0.3, 0.4) is 0 Å². The zero-order valence-electron chi connectivity index (χ0n) is 5.78. The lowest BCUT2D eigenvalue weighted by Gasteiger charge is -2.12. The summed E-state index contributed by atoms with van der Waals surface area (Å²) in [7, 11) is -0.219. The van der Waals surface area contributed by atoms with E-state index in [9.17, 15) is 0 Å². The van der Waals surface area contributed by atoms with Crippen molar-refractivity contribution in [2.24, 2.45) is 0 Å². The molecule has 0 aliphatic carbocycles. The molecule has 1 N–H and O–H groups in total. The molecule has 1 aromatic carbocycles. The van der Waals surface area contributed by atoms with Crippen molar-refractivity contribution in [1.82, 2.24) is 4.72 Å². The van der Waals surface area contributed by atoms with Crippen LogP contribution in [0.25, 0.3) is 6.08 Å². The first kappa shape index (κ1) is 7.00. The highest BCUT2D eigenvalue weighted by Gasteiger charge is 2.05. The molecular formula is C8H7NS2. The second-order valence-electron chi connectivity index (χ2n) is 2.26. The number of nitrogens with one attached hydrogen (secondary N) is 1. The number of hydrogen-bond acceptors (Lipinski definition) is 1. The third kappa shape index (κ3) is 1.21. The van der Waals surface area contributed by atoms with Crippen LogP contribution in [-0.2, 0) is 20.8 Å². The molecule has 0 aromatic heterocycles. The van der Waals surface area contributed by atoms with E-state index in [1.165, 1.54) is 10.5 Å². The normalized spacial score (nSPS) is 20.5. The fraction of sp³-hybridized carbons (Fsp3) is 0. The summed E-state index contributed by atoms with van der Waals surface area (Å²) in [4.78, 5) is 1.23. The van der Waals surface area contributed by atoms with Gasteiger partial charge in [-0.25, -0.2) is 0 Å². The molecule has 1 unspecified atom stereocenters. The summed E-state index contributed by atoms with van der Waals surface area (Å²) < 4.78 is 3.10. The van der Waals surface area contributed by atoms with Gasteiger partial charge in [0.05, 0.1) is 0 Å². The molecule has 0 saturated carbocycles. The summed E-state index contributed by atoms with van der Waals surface area (Å²) in [6.45, 7) is 0. The van der Waals surface area contributed by atoms with Crippen LogP contribution in [-0.4, -0.2) is 0 Å². The highest BCUT2D eigenvalue weighted by molar-refractivity contribution is 8.27. The lowest BCUT2D eigenvalue weighted by Crippen LogP contribution is -2.12. The van der Waals surface area contributed by atoms with E-state index in [1.54, 1.807) is 0 Å². The molecule has 0 radical (unpaired) electrons. The summed E-state index contributed by atoms with van der Waals surface area (Å²) in [6.07, 6.45) is 3.96. The Morgan fingerprint density at radius 1 is 1.27 bits per heavy atom. The lowest BCUT2D eigenvalue weighted by atomic mass is 10.2. The van der Waals surface area contributed by atoms with Crippen molar-refractivity contribution in [3.05, 3.63) is 36.0 Å². The summed E-state index contributed by atoms with van der Waals surface area (Å²) in [6, 6.07) is 8.20. The van der Waals surface area contributed by atoms with Gasteiger partial charge < -0.3 is 4.72 Å². The topological polar surface area (TPSA) is 12.0 Å². The van der Waals surface area contributed by atoms with Gasteiger partial charge in [-0.3, -0.25) is 0 Å². The predicted octanol–water partition coefficient (Wildman–Crippen LogP) is 1.61. The molecule has 1 aromatic rings. The van der Waals surface area contributed by atoms with E-state index < -0.39 is 0 Å². The molecule has 0 fully saturated rings.